The van der Waals surface area contributed by atoms with Crippen LogP contribution < -0.4 is 5.32 Å². The summed E-state index contributed by atoms with van der Waals surface area (Å²) in [6, 6.07) is 7.06. The van der Waals surface area contributed by atoms with E-state index >= 15 is 0 Å². The third-order valence-electron chi connectivity index (χ3n) is 4.34. The van der Waals surface area contributed by atoms with Crippen LogP contribution in [0.5, 0.6) is 0 Å². The quantitative estimate of drug-likeness (QED) is 0.689. The van der Waals surface area contributed by atoms with Crippen LogP contribution in [-0.2, 0) is 16.9 Å². The number of hydrogen-bond donors (Lipinski definition) is 1. The Kier molecular flexibility index (Phi) is 4.08. The van der Waals surface area contributed by atoms with Gasteiger partial charge in [0, 0.05) is 16.3 Å². The standard InChI is InChI=1S/C18H14FN3O2S2/c1-18(12-2-4-13(19)5-3-12)16(23)22(17(24)21-18)8-14-10-26-15(20-14)11-6-7-25-9-11/h2-7,9-10H,8H2,1H3,(H,21,24). The van der Waals surface area contributed by atoms with E-state index < -0.39 is 17.4 Å². The maximum Gasteiger partial charge on any atom is 0.325 e. The molecule has 0 aliphatic carbocycles. The molecule has 4 rings (SSSR count). The van der Waals surface area contributed by atoms with E-state index in [0.717, 1.165) is 15.5 Å². The van der Waals surface area contributed by atoms with Crippen molar-refractivity contribution >= 4 is 34.6 Å². The first-order chi connectivity index (χ1) is 12.5. The lowest BCUT2D eigenvalue weighted by molar-refractivity contribution is -0.131. The molecule has 132 valence electrons. The third-order valence-corrected chi connectivity index (χ3v) is 5.96. The molecule has 3 heterocycles. The number of carbonyl (C=O) groups excluding carboxylic acids is 2. The Morgan fingerprint density at radius 3 is 2.65 bits per heavy atom. The zero-order valence-electron chi connectivity index (χ0n) is 13.7. The van der Waals surface area contributed by atoms with Crippen molar-refractivity contribution in [1.29, 1.82) is 0 Å². The summed E-state index contributed by atoms with van der Waals surface area (Å²) in [6.45, 7) is 1.72. The minimum atomic E-state index is -1.21. The second kappa shape index (κ2) is 6.30. The van der Waals surface area contributed by atoms with Crippen molar-refractivity contribution in [2.45, 2.75) is 19.0 Å². The molecule has 1 unspecified atom stereocenters. The topological polar surface area (TPSA) is 62.3 Å². The molecule has 0 saturated carbocycles. The molecule has 3 aromatic rings. The summed E-state index contributed by atoms with van der Waals surface area (Å²) in [5.74, 6) is -0.770. The fourth-order valence-electron chi connectivity index (χ4n) is 2.88. The highest BCUT2D eigenvalue weighted by atomic mass is 32.1. The molecule has 3 amide bonds. The molecule has 1 aromatic carbocycles. The fraction of sp³-hybridized carbons (Fsp3) is 0.167. The van der Waals surface area contributed by atoms with Gasteiger partial charge in [-0.2, -0.15) is 11.3 Å². The number of thiophene rings is 1. The fourth-order valence-corrected chi connectivity index (χ4v) is 4.40. The number of benzene rings is 1. The van der Waals surface area contributed by atoms with Gasteiger partial charge in [0.1, 0.15) is 16.4 Å². The van der Waals surface area contributed by atoms with Crippen LogP contribution in [0, 0.1) is 5.82 Å². The van der Waals surface area contributed by atoms with Crippen LogP contribution >= 0.6 is 22.7 Å². The van der Waals surface area contributed by atoms with Crippen molar-refractivity contribution < 1.29 is 14.0 Å². The molecule has 1 atom stereocenters. The van der Waals surface area contributed by atoms with Crippen molar-refractivity contribution in [3.05, 3.63) is 63.5 Å². The van der Waals surface area contributed by atoms with Gasteiger partial charge in [0.2, 0.25) is 0 Å². The number of urea groups is 1. The second-order valence-electron chi connectivity index (χ2n) is 6.11. The van der Waals surface area contributed by atoms with Crippen molar-refractivity contribution in [1.82, 2.24) is 15.2 Å². The van der Waals surface area contributed by atoms with Gasteiger partial charge in [0.25, 0.3) is 5.91 Å². The lowest BCUT2D eigenvalue weighted by atomic mass is 9.92. The van der Waals surface area contributed by atoms with Crippen LogP contribution in [-0.4, -0.2) is 21.8 Å². The van der Waals surface area contributed by atoms with Crippen LogP contribution in [0.4, 0.5) is 9.18 Å². The first-order valence-electron chi connectivity index (χ1n) is 7.84. The SMILES string of the molecule is CC1(c2ccc(F)cc2)NC(=O)N(Cc2csc(-c3ccsc3)n2)C1=O. The maximum absolute atomic E-state index is 13.2. The second-order valence-corrected chi connectivity index (χ2v) is 7.75. The van der Waals surface area contributed by atoms with Gasteiger partial charge >= 0.3 is 6.03 Å². The van der Waals surface area contributed by atoms with E-state index in [1.165, 1.54) is 35.6 Å². The van der Waals surface area contributed by atoms with Crippen molar-refractivity contribution in [2.75, 3.05) is 0 Å². The van der Waals surface area contributed by atoms with Crippen molar-refractivity contribution in [3.63, 3.8) is 0 Å². The van der Waals surface area contributed by atoms with Crippen LogP contribution in [0.25, 0.3) is 10.6 Å². The molecule has 0 radical (unpaired) electrons. The van der Waals surface area contributed by atoms with Crippen molar-refractivity contribution in [3.8, 4) is 10.6 Å². The Labute approximate surface area is 157 Å². The molecule has 8 heteroatoms. The lowest BCUT2D eigenvalue weighted by Crippen LogP contribution is -2.40. The predicted molar refractivity (Wildman–Crippen MR) is 98.3 cm³/mol. The van der Waals surface area contributed by atoms with Gasteiger partial charge in [-0.3, -0.25) is 9.69 Å². The number of thiazole rings is 1. The van der Waals surface area contributed by atoms with Gasteiger partial charge in [0.05, 0.1) is 12.2 Å². The highest BCUT2D eigenvalue weighted by molar-refractivity contribution is 7.14. The first kappa shape index (κ1) is 16.9. The Morgan fingerprint density at radius 2 is 1.96 bits per heavy atom. The highest BCUT2D eigenvalue weighted by Gasteiger charge is 2.49. The number of carbonyl (C=O) groups is 2. The smallest absolute Gasteiger partial charge is 0.319 e. The maximum atomic E-state index is 13.2. The molecule has 1 saturated heterocycles. The average Bonchev–Trinajstić information content (AvgIpc) is 3.34. The van der Waals surface area contributed by atoms with Crippen LogP contribution in [0.1, 0.15) is 18.2 Å². The number of rotatable bonds is 4. The van der Waals surface area contributed by atoms with E-state index in [2.05, 4.69) is 10.3 Å². The van der Waals surface area contributed by atoms with E-state index in [1.807, 2.05) is 22.2 Å². The number of halogens is 1. The Balaban J connectivity index is 1.57. The molecule has 2 aromatic heterocycles. The van der Waals surface area contributed by atoms with E-state index in [4.69, 9.17) is 0 Å². The molecule has 0 spiro atoms. The number of nitrogens with zero attached hydrogens (tertiary/aromatic N) is 2. The number of nitrogens with one attached hydrogen (secondary N) is 1. The predicted octanol–water partition coefficient (Wildman–Crippen LogP) is 3.98. The van der Waals surface area contributed by atoms with Gasteiger partial charge in [-0.05, 0) is 36.1 Å². The highest BCUT2D eigenvalue weighted by Crippen LogP contribution is 2.31. The van der Waals surface area contributed by atoms with Crippen LogP contribution in [0.15, 0.2) is 46.5 Å². The largest absolute Gasteiger partial charge is 0.325 e. The molecule has 5 nitrogen and oxygen atoms in total. The van der Waals surface area contributed by atoms with E-state index in [0.29, 0.717) is 11.3 Å². The molecule has 1 aliphatic heterocycles. The van der Waals surface area contributed by atoms with Crippen molar-refractivity contribution in [2.24, 2.45) is 0 Å². The zero-order valence-corrected chi connectivity index (χ0v) is 15.4. The Morgan fingerprint density at radius 1 is 1.19 bits per heavy atom. The first-order valence-corrected chi connectivity index (χ1v) is 9.67. The third kappa shape index (κ3) is 2.81. The molecule has 1 aliphatic rings. The van der Waals surface area contributed by atoms with Gasteiger partial charge in [-0.25, -0.2) is 14.2 Å². The average molecular weight is 387 g/mol. The van der Waals surface area contributed by atoms with Gasteiger partial charge < -0.3 is 5.32 Å². The minimum absolute atomic E-state index is 0.0993. The summed E-state index contributed by atoms with van der Waals surface area (Å²) >= 11 is 3.06. The zero-order chi connectivity index (χ0) is 18.3. The summed E-state index contributed by atoms with van der Waals surface area (Å²) < 4.78 is 13.2. The molecule has 0 bridgehead atoms. The summed E-state index contributed by atoms with van der Waals surface area (Å²) in [4.78, 5) is 30.9. The van der Waals surface area contributed by atoms with E-state index in [9.17, 15) is 14.0 Å². The monoisotopic (exact) mass is 387 g/mol. The summed E-state index contributed by atoms with van der Waals surface area (Å²) in [6.07, 6.45) is 0. The summed E-state index contributed by atoms with van der Waals surface area (Å²) in [7, 11) is 0. The molecule has 26 heavy (non-hydrogen) atoms. The van der Waals surface area contributed by atoms with Gasteiger partial charge in [-0.1, -0.05) is 12.1 Å². The molecule has 1 N–H and O–H groups in total. The molecular formula is C18H14FN3O2S2. The van der Waals surface area contributed by atoms with Crippen LogP contribution in [0.2, 0.25) is 0 Å². The minimum Gasteiger partial charge on any atom is -0.319 e. The summed E-state index contributed by atoms with van der Waals surface area (Å²) in [5.41, 5.74) is 1.01. The molecule has 1 fully saturated rings. The van der Waals surface area contributed by atoms with Gasteiger partial charge in [0.15, 0.2) is 0 Å². The molecular weight excluding hydrogens is 373 g/mol. The number of amides is 3. The van der Waals surface area contributed by atoms with Crippen LogP contribution in [0.3, 0.4) is 0 Å². The van der Waals surface area contributed by atoms with E-state index in [-0.39, 0.29) is 12.5 Å². The normalized spacial score (nSPS) is 19.8. The number of aromatic nitrogens is 1. The van der Waals surface area contributed by atoms with Gasteiger partial charge in [-0.15, -0.1) is 11.3 Å². The summed E-state index contributed by atoms with van der Waals surface area (Å²) in [5, 5.41) is 9.39. The van der Waals surface area contributed by atoms with E-state index in [1.54, 1.807) is 18.3 Å². The lowest BCUT2D eigenvalue weighted by Gasteiger charge is -2.22. The Bertz CT molecular complexity index is 969. The Hall–Kier alpha value is -2.58. The number of hydrogen-bond acceptors (Lipinski definition) is 5. The number of imide groups is 1.